The number of nitrogens with zero attached hydrogens (tertiary/aromatic N) is 1. The molecule has 0 aromatic heterocycles. The summed E-state index contributed by atoms with van der Waals surface area (Å²) in [4.78, 5) is 14.4. The summed E-state index contributed by atoms with van der Waals surface area (Å²) in [6.45, 7) is 3.70. The molecule has 0 saturated carbocycles. The van der Waals surface area contributed by atoms with E-state index in [-0.39, 0.29) is 23.8 Å². The predicted octanol–water partition coefficient (Wildman–Crippen LogP) is 1.39. The highest BCUT2D eigenvalue weighted by Gasteiger charge is 2.36. The summed E-state index contributed by atoms with van der Waals surface area (Å²) in [7, 11) is 0. The van der Waals surface area contributed by atoms with Gasteiger partial charge in [0.1, 0.15) is 18.3 Å². The van der Waals surface area contributed by atoms with Gasteiger partial charge in [0.25, 0.3) is 0 Å². The van der Waals surface area contributed by atoms with Crippen molar-refractivity contribution in [1.29, 1.82) is 0 Å². The lowest BCUT2D eigenvalue weighted by Crippen LogP contribution is -2.46. The lowest BCUT2D eigenvalue weighted by atomic mass is 9.94. The highest BCUT2D eigenvalue weighted by atomic mass is 16.5. The van der Waals surface area contributed by atoms with E-state index in [9.17, 15) is 9.90 Å². The van der Waals surface area contributed by atoms with E-state index >= 15 is 0 Å². The number of ether oxygens (including phenoxy) is 1. The second-order valence-electron chi connectivity index (χ2n) is 5.52. The minimum atomic E-state index is -0.281. The number of aliphatic hydroxyl groups is 1. The molecule has 0 aliphatic carbocycles. The van der Waals surface area contributed by atoms with Crippen LogP contribution in [-0.2, 0) is 4.79 Å². The summed E-state index contributed by atoms with van der Waals surface area (Å²) < 4.78 is 5.57. The van der Waals surface area contributed by atoms with Crippen LogP contribution >= 0.6 is 0 Å². The fourth-order valence-corrected chi connectivity index (χ4v) is 2.92. The Morgan fingerprint density at radius 3 is 3.00 bits per heavy atom. The third-order valence-electron chi connectivity index (χ3n) is 4.17. The Kier molecular flexibility index (Phi) is 3.19. The Hall–Kier alpha value is -1.55. The lowest BCUT2D eigenvalue weighted by molar-refractivity contribution is -0.136. The SMILES string of the molecule is CC1CN(C(=O)C2COc3ccccc32)CCC1O. The summed E-state index contributed by atoms with van der Waals surface area (Å²) in [5.41, 5.74) is 0.992. The molecule has 1 saturated heterocycles. The van der Waals surface area contributed by atoms with Gasteiger partial charge in [0, 0.05) is 18.7 Å². The highest BCUT2D eigenvalue weighted by Crippen LogP contribution is 2.35. The Balaban J connectivity index is 1.75. The number of benzene rings is 1. The molecule has 1 N–H and O–H groups in total. The van der Waals surface area contributed by atoms with Gasteiger partial charge in [-0.25, -0.2) is 0 Å². The van der Waals surface area contributed by atoms with E-state index < -0.39 is 0 Å². The quantitative estimate of drug-likeness (QED) is 0.831. The Bertz CT molecular complexity index is 488. The highest BCUT2D eigenvalue weighted by molar-refractivity contribution is 5.85. The summed E-state index contributed by atoms with van der Waals surface area (Å²) in [6.07, 6.45) is 0.387. The number of piperidine rings is 1. The molecule has 0 spiro atoms. The Morgan fingerprint density at radius 1 is 1.42 bits per heavy atom. The van der Waals surface area contributed by atoms with Crippen molar-refractivity contribution < 1.29 is 14.6 Å². The van der Waals surface area contributed by atoms with Crippen molar-refractivity contribution in [2.24, 2.45) is 5.92 Å². The van der Waals surface area contributed by atoms with Gasteiger partial charge in [-0.2, -0.15) is 0 Å². The predicted molar refractivity (Wildman–Crippen MR) is 71.0 cm³/mol. The molecule has 4 heteroatoms. The second kappa shape index (κ2) is 4.85. The van der Waals surface area contributed by atoms with Crippen LogP contribution in [0.4, 0.5) is 0 Å². The van der Waals surface area contributed by atoms with E-state index in [1.165, 1.54) is 0 Å². The molecular formula is C15H19NO3. The molecule has 3 atom stereocenters. The first-order valence-electron chi connectivity index (χ1n) is 6.85. The number of amides is 1. The number of hydrogen-bond donors (Lipinski definition) is 1. The van der Waals surface area contributed by atoms with Gasteiger partial charge in [0.05, 0.1) is 6.10 Å². The minimum Gasteiger partial charge on any atom is -0.492 e. The molecule has 2 aliphatic heterocycles. The van der Waals surface area contributed by atoms with E-state index in [0.29, 0.717) is 26.1 Å². The number of aliphatic hydroxyl groups excluding tert-OH is 1. The molecule has 3 rings (SSSR count). The van der Waals surface area contributed by atoms with Gasteiger partial charge in [-0.05, 0) is 18.4 Å². The molecule has 2 aliphatic rings. The average Bonchev–Trinajstić information content (AvgIpc) is 2.85. The van der Waals surface area contributed by atoms with Crippen molar-refractivity contribution >= 4 is 5.91 Å². The maximum absolute atomic E-state index is 12.6. The molecule has 4 nitrogen and oxygen atoms in total. The summed E-state index contributed by atoms with van der Waals surface area (Å²) in [5.74, 6) is 0.920. The number of hydrogen-bond acceptors (Lipinski definition) is 3. The van der Waals surface area contributed by atoms with Crippen LogP contribution in [0.1, 0.15) is 24.8 Å². The summed E-state index contributed by atoms with van der Waals surface area (Å²) in [5, 5.41) is 9.74. The van der Waals surface area contributed by atoms with Crippen molar-refractivity contribution in [3.8, 4) is 5.75 Å². The van der Waals surface area contributed by atoms with Gasteiger partial charge in [-0.1, -0.05) is 25.1 Å². The van der Waals surface area contributed by atoms with Crippen molar-refractivity contribution in [1.82, 2.24) is 4.90 Å². The number of likely N-dealkylation sites (tertiary alicyclic amines) is 1. The third-order valence-corrected chi connectivity index (χ3v) is 4.17. The number of carbonyl (C=O) groups excluding carboxylic acids is 1. The number of rotatable bonds is 1. The van der Waals surface area contributed by atoms with E-state index in [0.717, 1.165) is 11.3 Å². The zero-order valence-electron chi connectivity index (χ0n) is 11.1. The number of fused-ring (bicyclic) bond motifs is 1. The molecular weight excluding hydrogens is 242 g/mol. The fourth-order valence-electron chi connectivity index (χ4n) is 2.92. The normalized spacial score (nSPS) is 29.8. The summed E-state index contributed by atoms with van der Waals surface area (Å²) >= 11 is 0. The molecule has 19 heavy (non-hydrogen) atoms. The molecule has 1 fully saturated rings. The van der Waals surface area contributed by atoms with Crippen LogP contribution in [-0.4, -0.2) is 41.7 Å². The molecule has 1 aromatic rings. The van der Waals surface area contributed by atoms with Crippen molar-refractivity contribution in [3.05, 3.63) is 29.8 Å². The monoisotopic (exact) mass is 261 g/mol. The molecule has 3 unspecified atom stereocenters. The number of para-hydroxylation sites is 1. The largest absolute Gasteiger partial charge is 0.492 e. The van der Waals surface area contributed by atoms with E-state index in [4.69, 9.17) is 4.74 Å². The minimum absolute atomic E-state index is 0.128. The Labute approximate surface area is 113 Å². The first-order valence-corrected chi connectivity index (χ1v) is 6.85. The first-order chi connectivity index (χ1) is 9.16. The maximum atomic E-state index is 12.6. The molecule has 0 radical (unpaired) electrons. The van der Waals surface area contributed by atoms with Crippen molar-refractivity contribution in [2.45, 2.75) is 25.4 Å². The van der Waals surface area contributed by atoms with Crippen LogP contribution in [0.15, 0.2) is 24.3 Å². The Morgan fingerprint density at radius 2 is 2.21 bits per heavy atom. The van der Waals surface area contributed by atoms with Gasteiger partial charge >= 0.3 is 0 Å². The van der Waals surface area contributed by atoms with Crippen LogP contribution in [0, 0.1) is 5.92 Å². The molecule has 102 valence electrons. The average molecular weight is 261 g/mol. The van der Waals surface area contributed by atoms with Crippen LogP contribution in [0.5, 0.6) is 5.75 Å². The van der Waals surface area contributed by atoms with E-state index in [1.54, 1.807) is 0 Å². The van der Waals surface area contributed by atoms with Gasteiger partial charge in [-0.15, -0.1) is 0 Å². The molecule has 1 amide bonds. The lowest BCUT2D eigenvalue weighted by Gasteiger charge is -2.35. The van der Waals surface area contributed by atoms with E-state index in [2.05, 4.69) is 0 Å². The first kappa shape index (κ1) is 12.5. The van der Waals surface area contributed by atoms with Crippen LogP contribution < -0.4 is 4.74 Å². The second-order valence-corrected chi connectivity index (χ2v) is 5.52. The van der Waals surface area contributed by atoms with Crippen molar-refractivity contribution in [3.63, 3.8) is 0 Å². The van der Waals surface area contributed by atoms with Gasteiger partial charge in [0.2, 0.25) is 5.91 Å². The van der Waals surface area contributed by atoms with Crippen LogP contribution in [0.2, 0.25) is 0 Å². The molecule has 1 aromatic carbocycles. The van der Waals surface area contributed by atoms with E-state index in [1.807, 2.05) is 36.1 Å². The molecule has 2 heterocycles. The van der Waals surface area contributed by atoms with Gasteiger partial charge in [-0.3, -0.25) is 4.79 Å². The molecule has 0 bridgehead atoms. The maximum Gasteiger partial charge on any atom is 0.233 e. The zero-order valence-corrected chi connectivity index (χ0v) is 11.1. The van der Waals surface area contributed by atoms with Gasteiger partial charge in [0.15, 0.2) is 0 Å². The smallest absolute Gasteiger partial charge is 0.233 e. The van der Waals surface area contributed by atoms with Gasteiger partial charge < -0.3 is 14.7 Å². The number of carbonyl (C=O) groups is 1. The summed E-state index contributed by atoms with van der Waals surface area (Å²) in [6, 6.07) is 7.74. The fraction of sp³-hybridized carbons (Fsp3) is 0.533. The van der Waals surface area contributed by atoms with Crippen molar-refractivity contribution in [2.75, 3.05) is 19.7 Å². The topological polar surface area (TPSA) is 49.8 Å². The van der Waals surface area contributed by atoms with Crippen LogP contribution in [0.25, 0.3) is 0 Å². The third kappa shape index (κ3) is 2.21. The standard InChI is InChI=1S/C15H19NO3/c1-10-8-16(7-6-13(10)17)15(18)12-9-19-14-5-3-2-4-11(12)14/h2-5,10,12-13,17H,6-9H2,1H3. The zero-order chi connectivity index (χ0) is 13.4. The van der Waals surface area contributed by atoms with Crippen LogP contribution in [0.3, 0.4) is 0 Å².